The molecule has 0 radical (unpaired) electrons. The number of aryl methyl sites for hydroxylation is 1. The van der Waals surface area contributed by atoms with Crippen LogP contribution in [0.5, 0.6) is 0 Å². The second-order valence-electron chi connectivity index (χ2n) is 4.72. The van der Waals surface area contributed by atoms with E-state index in [0.29, 0.717) is 18.4 Å². The van der Waals surface area contributed by atoms with Gasteiger partial charge in [0.2, 0.25) is 5.91 Å². The van der Waals surface area contributed by atoms with Gasteiger partial charge in [-0.3, -0.25) is 4.79 Å². The number of amides is 1. The van der Waals surface area contributed by atoms with E-state index in [1.54, 1.807) is 12.1 Å². The Hall–Kier alpha value is -0.940. The van der Waals surface area contributed by atoms with Crippen LogP contribution in [-0.4, -0.2) is 37.0 Å². The van der Waals surface area contributed by atoms with E-state index in [1.807, 2.05) is 4.90 Å². The summed E-state index contributed by atoms with van der Waals surface area (Å²) in [4.78, 5) is 14.0. The van der Waals surface area contributed by atoms with Crippen molar-refractivity contribution in [3.63, 3.8) is 0 Å². The highest BCUT2D eigenvalue weighted by Gasteiger charge is 2.15. The van der Waals surface area contributed by atoms with Crippen LogP contribution in [0.15, 0.2) is 22.7 Å². The number of carbonyl (C=O) groups excluding carboxylic acids is 1. The summed E-state index contributed by atoms with van der Waals surface area (Å²) in [5.41, 5.74) is 0.593. The van der Waals surface area contributed by atoms with Gasteiger partial charge in [0.15, 0.2) is 0 Å². The summed E-state index contributed by atoms with van der Waals surface area (Å²) in [7, 11) is 0. The van der Waals surface area contributed by atoms with Crippen molar-refractivity contribution in [2.45, 2.75) is 19.3 Å². The predicted octanol–water partition coefficient (Wildman–Crippen LogP) is 2.34. The zero-order valence-electron chi connectivity index (χ0n) is 10.8. The van der Waals surface area contributed by atoms with Crippen LogP contribution >= 0.6 is 15.9 Å². The second kappa shape index (κ2) is 7.01. The van der Waals surface area contributed by atoms with E-state index in [2.05, 4.69) is 21.2 Å². The zero-order valence-corrected chi connectivity index (χ0v) is 12.4. The monoisotopic (exact) mass is 328 g/mol. The normalized spacial score (nSPS) is 16.2. The van der Waals surface area contributed by atoms with Crippen LogP contribution < -0.4 is 5.32 Å². The molecule has 1 aliphatic heterocycles. The third-order valence-electron chi connectivity index (χ3n) is 3.31. The molecule has 0 unspecified atom stereocenters. The molecule has 0 aromatic heterocycles. The van der Waals surface area contributed by atoms with Crippen LogP contribution in [0.1, 0.15) is 18.4 Å². The summed E-state index contributed by atoms with van der Waals surface area (Å²) in [5.74, 6) is -0.128. The van der Waals surface area contributed by atoms with Gasteiger partial charge in [0.05, 0.1) is 0 Å². The maximum Gasteiger partial charge on any atom is 0.222 e. The molecule has 104 valence electrons. The standard InChI is InChI=1S/C14H18BrFN2O/c15-12-3-4-13(16)11(10-12)2-5-14(19)18-8-1-6-17-7-9-18/h3-4,10,17H,1-2,5-9H2. The molecular formula is C14H18BrFN2O. The highest BCUT2D eigenvalue weighted by Crippen LogP contribution is 2.17. The first-order valence-corrected chi connectivity index (χ1v) is 7.38. The molecule has 1 aliphatic rings. The van der Waals surface area contributed by atoms with Gasteiger partial charge in [-0.05, 0) is 43.1 Å². The van der Waals surface area contributed by atoms with Gasteiger partial charge in [0, 0.05) is 30.5 Å². The summed E-state index contributed by atoms with van der Waals surface area (Å²) < 4.78 is 14.4. The van der Waals surface area contributed by atoms with Crippen LogP contribution in [0.25, 0.3) is 0 Å². The minimum atomic E-state index is -0.242. The number of nitrogens with one attached hydrogen (secondary N) is 1. The largest absolute Gasteiger partial charge is 0.341 e. The summed E-state index contributed by atoms with van der Waals surface area (Å²) in [6.45, 7) is 3.35. The molecule has 0 spiro atoms. The number of hydrogen-bond donors (Lipinski definition) is 1. The lowest BCUT2D eigenvalue weighted by molar-refractivity contribution is -0.130. The van der Waals surface area contributed by atoms with Gasteiger partial charge in [-0.15, -0.1) is 0 Å². The van der Waals surface area contributed by atoms with Gasteiger partial charge in [0.1, 0.15) is 5.82 Å². The molecule has 0 saturated carbocycles. The van der Waals surface area contributed by atoms with Gasteiger partial charge in [-0.2, -0.15) is 0 Å². The minimum absolute atomic E-state index is 0.114. The molecule has 19 heavy (non-hydrogen) atoms. The lowest BCUT2D eigenvalue weighted by atomic mass is 10.1. The van der Waals surface area contributed by atoms with Crippen LogP contribution in [-0.2, 0) is 11.2 Å². The topological polar surface area (TPSA) is 32.3 Å². The van der Waals surface area contributed by atoms with Gasteiger partial charge in [-0.1, -0.05) is 15.9 Å². The van der Waals surface area contributed by atoms with Gasteiger partial charge < -0.3 is 10.2 Å². The van der Waals surface area contributed by atoms with Crippen molar-refractivity contribution in [2.75, 3.05) is 26.2 Å². The van der Waals surface area contributed by atoms with Crippen LogP contribution in [0.3, 0.4) is 0 Å². The van der Waals surface area contributed by atoms with E-state index >= 15 is 0 Å². The Labute approximate surface area is 121 Å². The molecule has 2 rings (SSSR count). The molecule has 1 amide bonds. The molecule has 1 heterocycles. The Kier molecular flexibility index (Phi) is 5.34. The summed E-state index contributed by atoms with van der Waals surface area (Å²) in [6, 6.07) is 4.84. The maximum absolute atomic E-state index is 13.6. The SMILES string of the molecule is O=C(CCc1cc(Br)ccc1F)N1CCCNCC1. The molecule has 1 aromatic rings. The fourth-order valence-electron chi connectivity index (χ4n) is 2.23. The molecule has 1 aromatic carbocycles. The lowest BCUT2D eigenvalue weighted by Gasteiger charge is -2.19. The van der Waals surface area contributed by atoms with Gasteiger partial charge in [0.25, 0.3) is 0 Å². The minimum Gasteiger partial charge on any atom is -0.341 e. The lowest BCUT2D eigenvalue weighted by Crippen LogP contribution is -2.34. The van der Waals surface area contributed by atoms with Crippen molar-refractivity contribution in [3.05, 3.63) is 34.1 Å². The van der Waals surface area contributed by atoms with E-state index in [1.165, 1.54) is 6.07 Å². The number of benzene rings is 1. The van der Waals surface area contributed by atoms with Crippen LogP contribution in [0, 0.1) is 5.82 Å². The third kappa shape index (κ3) is 4.28. The van der Waals surface area contributed by atoms with Crippen molar-refractivity contribution in [1.29, 1.82) is 0 Å². The highest BCUT2D eigenvalue weighted by atomic mass is 79.9. The second-order valence-corrected chi connectivity index (χ2v) is 5.64. The highest BCUT2D eigenvalue weighted by molar-refractivity contribution is 9.10. The maximum atomic E-state index is 13.6. The van der Waals surface area contributed by atoms with Crippen molar-refractivity contribution >= 4 is 21.8 Å². The summed E-state index contributed by atoms with van der Waals surface area (Å²) in [5, 5.41) is 3.26. The van der Waals surface area contributed by atoms with Crippen LogP contribution in [0.2, 0.25) is 0 Å². The molecule has 1 N–H and O–H groups in total. The smallest absolute Gasteiger partial charge is 0.222 e. The van der Waals surface area contributed by atoms with E-state index in [-0.39, 0.29) is 11.7 Å². The van der Waals surface area contributed by atoms with Crippen molar-refractivity contribution in [2.24, 2.45) is 0 Å². The van der Waals surface area contributed by atoms with E-state index in [4.69, 9.17) is 0 Å². The molecule has 0 bridgehead atoms. The number of halogens is 2. The van der Waals surface area contributed by atoms with Gasteiger partial charge >= 0.3 is 0 Å². The van der Waals surface area contributed by atoms with Crippen molar-refractivity contribution in [3.8, 4) is 0 Å². The molecule has 0 aliphatic carbocycles. The Bertz CT molecular complexity index is 445. The first kappa shape index (κ1) is 14.5. The quantitative estimate of drug-likeness (QED) is 0.923. The number of hydrogen-bond acceptors (Lipinski definition) is 2. The first-order chi connectivity index (χ1) is 9.16. The van der Waals surface area contributed by atoms with E-state index in [0.717, 1.165) is 37.1 Å². The van der Waals surface area contributed by atoms with E-state index in [9.17, 15) is 9.18 Å². The molecule has 0 atom stereocenters. The molecule has 1 saturated heterocycles. The zero-order chi connectivity index (χ0) is 13.7. The summed E-state index contributed by atoms with van der Waals surface area (Å²) in [6.07, 6.45) is 1.80. The van der Waals surface area contributed by atoms with Crippen molar-refractivity contribution < 1.29 is 9.18 Å². The predicted molar refractivity (Wildman–Crippen MR) is 76.5 cm³/mol. The Morgan fingerprint density at radius 1 is 1.37 bits per heavy atom. The van der Waals surface area contributed by atoms with Crippen LogP contribution in [0.4, 0.5) is 4.39 Å². The molecule has 1 fully saturated rings. The first-order valence-electron chi connectivity index (χ1n) is 6.59. The fraction of sp³-hybridized carbons (Fsp3) is 0.500. The third-order valence-corrected chi connectivity index (χ3v) is 3.80. The average Bonchev–Trinajstić information content (AvgIpc) is 2.68. The Morgan fingerprint density at radius 3 is 3.05 bits per heavy atom. The fourth-order valence-corrected chi connectivity index (χ4v) is 2.64. The molecule has 5 heteroatoms. The Balaban J connectivity index is 1.90. The van der Waals surface area contributed by atoms with Gasteiger partial charge in [-0.25, -0.2) is 4.39 Å². The number of rotatable bonds is 3. The summed E-state index contributed by atoms with van der Waals surface area (Å²) >= 11 is 3.32. The van der Waals surface area contributed by atoms with E-state index < -0.39 is 0 Å². The number of nitrogens with zero attached hydrogens (tertiary/aromatic N) is 1. The molecular weight excluding hydrogens is 311 g/mol. The number of carbonyl (C=O) groups is 1. The average molecular weight is 329 g/mol. The molecule has 3 nitrogen and oxygen atoms in total. The Morgan fingerprint density at radius 2 is 2.21 bits per heavy atom. The van der Waals surface area contributed by atoms with Crippen molar-refractivity contribution in [1.82, 2.24) is 10.2 Å².